The summed E-state index contributed by atoms with van der Waals surface area (Å²) in [5.41, 5.74) is 1.43. The number of aryl methyl sites for hydroxylation is 1. The topological polar surface area (TPSA) is 29.1 Å². The van der Waals surface area contributed by atoms with E-state index in [1.807, 2.05) is 0 Å². The van der Waals surface area contributed by atoms with E-state index >= 15 is 0 Å². The van der Waals surface area contributed by atoms with Crippen molar-refractivity contribution in [1.29, 1.82) is 0 Å². The second-order valence-electron chi connectivity index (χ2n) is 5.09. The summed E-state index contributed by atoms with van der Waals surface area (Å²) in [5, 5.41) is 2.92. The van der Waals surface area contributed by atoms with Gasteiger partial charge in [0.2, 0.25) is 5.91 Å². The molecule has 1 aromatic rings. The van der Waals surface area contributed by atoms with E-state index in [0.29, 0.717) is 16.1 Å². The Morgan fingerprint density at radius 2 is 2.17 bits per heavy atom. The third kappa shape index (κ3) is 2.74. The molecule has 0 spiro atoms. The van der Waals surface area contributed by atoms with Crippen molar-refractivity contribution in [2.45, 2.75) is 33.1 Å². The third-order valence-electron chi connectivity index (χ3n) is 3.72. The molecule has 1 N–H and O–H groups in total. The highest BCUT2D eigenvalue weighted by molar-refractivity contribution is 9.10. The van der Waals surface area contributed by atoms with Gasteiger partial charge in [0.1, 0.15) is 5.82 Å². The van der Waals surface area contributed by atoms with Crippen molar-refractivity contribution in [3.05, 3.63) is 28.0 Å². The van der Waals surface area contributed by atoms with Gasteiger partial charge >= 0.3 is 0 Å². The summed E-state index contributed by atoms with van der Waals surface area (Å²) in [4.78, 5) is 12.2. The quantitative estimate of drug-likeness (QED) is 0.868. The maximum absolute atomic E-state index is 13.3. The van der Waals surface area contributed by atoms with Crippen LogP contribution in [0.1, 0.15) is 31.7 Å². The van der Waals surface area contributed by atoms with Gasteiger partial charge in [0.05, 0.1) is 4.47 Å². The van der Waals surface area contributed by atoms with Gasteiger partial charge in [-0.15, -0.1) is 0 Å². The summed E-state index contributed by atoms with van der Waals surface area (Å²) in [7, 11) is 0. The standard InChI is InChI=1S/C14H17BrFNO/c1-8-4-3-5-10(8)14(18)17-13-7-11(15)12(16)6-9(13)2/h6-8,10H,3-5H2,1-2H3,(H,17,18). The van der Waals surface area contributed by atoms with Crippen LogP contribution in [0.25, 0.3) is 0 Å². The van der Waals surface area contributed by atoms with Gasteiger partial charge < -0.3 is 5.32 Å². The smallest absolute Gasteiger partial charge is 0.227 e. The Morgan fingerprint density at radius 1 is 1.44 bits per heavy atom. The minimum Gasteiger partial charge on any atom is -0.326 e. The maximum Gasteiger partial charge on any atom is 0.227 e. The number of anilines is 1. The van der Waals surface area contributed by atoms with Gasteiger partial charge in [0.25, 0.3) is 0 Å². The van der Waals surface area contributed by atoms with E-state index in [2.05, 4.69) is 28.2 Å². The fourth-order valence-corrected chi connectivity index (χ4v) is 2.88. The van der Waals surface area contributed by atoms with Crippen LogP contribution < -0.4 is 5.32 Å². The minimum atomic E-state index is -0.306. The minimum absolute atomic E-state index is 0.0570. The highest BCUT2D eigenvalue weighted by atomic mass is 79.9. The first kappa shape index (κ1) is 13.5. The molecule has 0 heterocycles. The molecule has 0 bridgehead atoms. The lowest BCUT2D eigenvalue weighted by Crippen LogP contribution is -2.24. The van der Waals surface area contributed by atoms with Crippen molar-refractivity contribution < 1.29 is 9.18 Å². The van der Waals surface area contributed by atoms with Crippen LogP contribution in [0.3, 0.4) is 0 Å². The van der Waals surface area contributed by atoms with E-state index in [-0.39, 0.29) is 17.6 Å². The highest BCUT2D eigenvalue weighted by Crippen LogP contribution is 2.33. The monoisotopic (exact) mass is 313 g/mol. The van der Waals surface area contributed by atoms with Crippen molar-refractivity contribution >= 4 is 27.5 Å². The summed E-state index contributed by atoms with van der Waals surface area (Å²) in [5.74, 6) is 0.281. The van der Waals surface area contributed by atoms with Gasteiger partial charge in [0.15, 0.2) is 0 Å². The van der Waals surface area contributed by atoms with Gasteiger partial charge in [0, 0.05) is 11.6 Å². The average molecular weight is 314 g/mol. The molecule has 1 aliphatic carbocycles. The van der Waals surface area contributed by atoms with Crippen LogP contribution in [0.5, 0.6) is 0 Å². The molecule has 1 fully saturated rings. The van der Waals surface area contributed by atoms with Crippen molar-refractivity contribution in [3.63, 3.8) is 0 Å². The van der Waals surface area contributed by atoms with Crippen molar-refractivity contribution in [1.82, 2.24) is 0 Å². The first-order valence-corrected chi connectivity index (χ1v) is 7.05. The summed E-state index contributed by atoms with van der Waals surface area (Å²) in [6.07, 6.45) is 3.18. The van der Waals surface area contributed by atoms with E-state index in [1.54, 1.807) is 13.0 Å². The summed E-state index contributed by atoms with van der Waals surface area (Å²) in [6, 6.07) is 3.06. The molecule has 0 saturated heterocycles. The Hall–Kier alpha value is -0.900. The fourth-order valence-electron chi connectivity index (χ4n) is 2.54. The second-order valence-corrected chi connectivity index (χ2v) is 5.94. The fraction of sp³-hybridized carbons (Fsp3) is 0.500. The van der Waals surface area contributed by atoms with E-state index in [4.69, 9.17) is 0 Å². The lowest BCUT2D eigenvalue weighted by atomic mass is 9.97. The SMILES string of the molecule is Cc1cc(F)c(Br)cc1NC(=O)C1CCCC1C. The Kier molecular flexibility index (Phi) is 4.05. The number of hydrogen-bond acceptors (Lipinski definition) is 1. The van der Waals surface area contributed by atoms with Crippen LogP contribution in [-0.2, 0) is 4.79 Å². The van der Waals surface area contributed by atoms with Gasteiger partial charge in [-0.05, 0) is 59.3 Å². The van der Waals surface area contributed by atoms with Gasteiger partial charge in [-0.3, -0.25) is 4.79 Å². The lowest BCUT2D eigenvalue weighted by molar-refractivity contribution is -0.120. The number of halogens is 2. The van der Waals surface area contributed by atoms with Crippen molar-refractivity contribution in [2.24, 2.45) is 11.8 Å². The van der Waals surface area contributed by atoms with Crippen LogP contribution in [0, 0.1) is 24.6 Å². The molecule has 1 aliphatic rings. The van der Waals surface area contributed by atoms with Crippen LogP contribution in [0.15, 0.2) is 16.6 Å². The first-order valence-electron chi connectivity index (χ1n) is 6.25. The van der Waals surface area contributed by atoms with E-state index in [1.165, 1.54) is 6.07 Å². The van der Waals surface area contributed by atoms with E-state index in [9.17, 15) is 9.18 Å². The van der Waals surface area contributed by atoms with Gasteiger partial charge in [-0.1, -0.05) is 13.3 Å². The molecule has 2 rings (SSSR count). The summed E-state index contributed by atoms with van der Waals surface area (Å²) in [6.45, 7) is 3.91. The zero-order chi connectivity index (χ0) is 13.3. The molecular weight excluding hydrogens is 297 g/mol. The Bertz CT molecular complexity index is 475. The first-order chi connectivity index (χ1) is 8.49. The summed E-state index contributed by atoms with van der Waals surface area (Å²) < 4.78 is 13.7. The Balaban J connectivity index is 2.14. The number of nitrogens with one attached hydrogen (secondary N) is 1. The largest absolute Gasteiger partial charge is 0.326 e. The van der Waals surface area contributed by atoms with Crippen LogP contribution in [0.2, 0.25) is 0 Å². The van der Waals surface area contributed by atoms with Crippen molar-refractivity contribution in [2.75, 3.05) is 5.32 Å². The normalized spacial score (nSPS) is 23.1. The molecule has 18 heavy (non-hydrogen) atoms. The lowest BCUT2D eigenvalue weighted by Gasteiger charge is -2.16. The summed E-state index contributed by atoms with van der Waals surface area (Å²) >= 11 is 3.14. The average Bonchev–Trinajstić information content (AvgIpc) is 2.72. The molecule has 0 aromatic heterocycles. The molecule has 1 amide bonds. The third-order valence-corrected chi connectivity index (χ3v) is 4.33. The number of amides is 1. The number of carbonyl (C=O) groups excluding carboxylic acids is 1. The van der Waals surface area contributed by atoms with E-state index in [0.717, 1.165) is 24.8 Å². The Labute approximate surface area is 115 Å². The maximum atomic E-state index is 13.3. The number of rotatable bonds is 2. The predicted octanol–water partition coefficient (Wildman–Crippen LogP) is 4.27. The van der Waals surface area contributed by atoms with Crippen LogP contribution in [0.4, 0.5) is 10.1 Å². The molecule has 1 saturated carbocycles. The second kappa shape index (κ2) is 5.39. The molecular formula is C14H17BrFNO. The molecule has 2 nitrogen and oxygen atoms in total. The van der Waals surface area contributed by atoms with E-state index < -0.39 is 0 Å². The Morgan fingerprint density at radius 3 is 2.78 bits per heavy atom. The number of benzene rings is 1. The van der Waals surface area contributed by atoms with Gasteiger partial charge in [-0.25, -0.2) is 4.39 Å². The van der Waals surface area contributed by atoms with Crippen molar-refractivity contribution in [3.8, 4) is 0 Å². The van der Waals surface area contributed by atoms with Crippen LogP contribution in [-0.4, -0.2) is 5.91 Å². The molecule has 2 atom stereocenters. The number of hydrogen-bond donors (Lipinski definition) is 1. The molecule has 4 heteroatoms. The molecule has 1 aromatic carbocycles. The molecule has 0 aliphatic heterocycles. The predicted molar refractivity (Wildman–Crippen MR) is 74.0 cm³/mol. The van der Waals surface area contributed by atoms with Gasteiger partial charge in [-0.2, -0.15) is 0 Å². The van der Waals surface area contributed by atoms with Crippen LogP contribution >= 0.6 is 15.9 Å². The highest BCUT2D eigenvalue weighted by Gasteiger charge is 2.29. The molecule has 0 radical (unpaired) electrons. The zero-order valence-corrected chi connectivity index (χ0v) is 12.2. The number of carbonyl (C=O) groups is 1. The molecule has 2 unspecified atom stereocenters. The molecule has 98 valence electrons. The zero-order valence-electron chi connectivity index (χ0n) is 10.6.